The number of nitrogens with zero attached hydrogens (tertiary/aromatic N) is 5. The second kappa shape index (κ2) is 5.99. The standard InChI is InChI=1S/C15H15FN6O3/c16-9-11(24)8(5-23)25-15(9)22-6-19-10-12(17)20-13(21-14(10)22)7-3-1-2-4-18-7/h1-4,6,8-9,11,15,23-24H,5H2,(H2,17,20,21)/t8-,9-,11-,15-/m1/s1. The fourth-order valence-corrected chi connectivity index (χ4v) is 2.81. The lowest BCUT2D eigenvalue weighted by molar-refractivity contribution is -0.0459. The van der Waals surface area contributed by atoms with Crippen LogP contribution in [-0.2, 0) is 4.74 Å². The summed E-state index contributed by atoms with van der Waals surface area (Å²) in [5.74, 6) is 0.386. The number of rotatable bonds is 3. The van der Waals surface area contributed by atoms with Crippen LogP contribution in [0.15, 0.2) is 30.7 Å². The van der Waals surface area contributed by atoms with Gasteiger partial charge in [-0.15, -0.1) is 0 Å². The lowest BCUT2D eigenvalue weighted by Gasteiger charge is -2.15. The number of nitrogen functional groups attached to an aromatic ring is 1. The van der Waals surface area contributed by atoms with E-state index in [0.29, 0.717) is 5.69 Å². The first-order valence-electron chi connectivity index (χ1n) is 7.60. The molecule has 25 heavy (non-hydrogen) atoms. The van der Waals surface area contributed by atoms with Gasteiger partial charge < -0.3 is 20.7 Å². The summed E-state index contributed by atoms with van der Waals surface area (Å²) >= 11 is 0. The molecular formula is C15H15FN6O3. The molecular weight excluding hydrogens is 331 g/mol. The number of nitrogens with two attached hydrogens (primary N) is 1. The summed E-state index contributed by atoms with van der Waals surface area (Å²) in [4.78, 5) is 16.8. The monoisotopic (exact) mass is 346 g/mol. The van der Waals surface area contributed by atoms with Crippen molar-refractivity contribution in [2.75, 3.05) is 12.3 Å². The maximum Gasteiger partial charge on any atom is 0.182 e. The Hall–Kier alpha value is -2.69. The van der Waals surface area contributed by atoms with Crippen LogP contribution in [0.3, 0.4) is 0 Å². The summed E-state index contributed by atoms with van der Waals surface area (Å²) in [6, 6.07) is 5.26. The van der Waals surface area contributed by atoms with Gasteiger partial charge in [0.05, 0.1) is 12.9 Å². The number of halogens is 1. The largest absolute Gasteiger partial charge is 0.394 e. The number of pyridine rings is 1. The van der Waals surface area contributed by atoms with E-state index in [9.17, 15) is 14.6 Å². The molecule has 0 saturated carbocycles. The minimum atomic E-state index is -1.75. The molecule has 0 bridgehead atoms. The highest BCUT2D eigenvalue weighted by Gasteiger charge is 2.45. The summed E-state index contributed by atoms with van der Waals surface area (Å²) in [6.45, 7) is -0.499. The van der Waals surface area contributed by atoms with E-state index in [1.54, 1.807) is 24.4 Å². The van der Waals surface area contributed by atoms with Crippen LogP contribution < -0.4 is 5.73 Å². The number of hydrogen-bond acceptors (Lipinski definition) is 8. The molecule has 0 aliphatic carbocycles. The number of alkyl halides is 1. The number of fused-ring (bicyclic) bond motifs is 1. The van der Waals surface area contributed by atoms with Crippen molar-refractivity contribution >= 4 is 17.0 Å². The van der Waals surface area contributed by atoms with E-state index in [2.05, 4.69) is 19.9 Å². The van der Waals surface area contributed by atoms with Gasteiger partial charge in [0.15, 0.2) is 29.7 Å². The van der Waals surface area contributed by atoms with E-state index in [1.165, 1.54) is 10.9 Å². The van der Waals surface area contributed by atoms with Crippen LogP contribution in [0, 0.1) is 0 Å². The zero-order valence-electron chi connectivity index (χ0n) is 12.9. The van der Waals surface area contributed by atoms with Gasteiger partial charge in [-0.2, -0.15) is 0 Å². The number of hydrogen-bond donors (Lipinski definition) is 3. The molecule has 3 aromatic rings. The molecule has 4 rings (SSSR count). The average Bonchev–Trinajstić information content (AvgIpc) is 3.18. The summed E-state index contributed by atoms with van der Waals surface area (Å²) in [7, 11) is 0. The molecule has 4 heterocycles. The minimum absolute atomic E-state index is 0.122. The zero-order valence-corrected chi connectivity index (χ0v) is 12.9. The Morgan fingerprint density at radius 1 is 1.28 bits per heavy atom. The normalized spacial score (nSPS) is 26.4. The van der Waals surface area contributed by atoms with Gasteiger partial charge >= 0.3 is 0 Å². The number of aliphatic hydroxyl groups excluding tert-OH is 2. The van der Waals surface area contributed by atoms with Crippen LogP contribution in [0.2, 0.25) is 0 Å². The quantitative estimate of drug-likeness (QED) is 0.606. The number of anilines is 1. The van der Waals surface area contributed by atoms with Gasteiger partial charge in [-0.05, 0) is 12.1 Å². The maximum absolute atomic E-state index is 14.4. The van der Waals surface area contributed by atoms with Crippen LogP contribution in [-0.4, -0.2) is 59.7 Å². The van der Waals surface area contributed by atoms with Gasteiger partial charge in [0.25, 0.3) is 0 Å². The SMILES string of the molecule is Nc1nc(-c2ccccn2)nc2c1ncn2[C@@H]1O[C@H](CO)[C@@H](O)[C@H]1F. The summed E-state index contributed by atoms with van der Waals surface area (Å²) in [6.07, 6.45) is -2.47. The van der Waals surface area contributed by atoms with Crippen LogP contribution in [0.4, 0.5) is 10.2 Å². The highest BCUT2D eigenvalue weighted by molar-refractivity contribution is 5.83. The first kappa shape index (κ1) is 15.8. The fraction of sp³-hybridized carbons (Fsp3) is 0.333. The topological polar surface area (TPSA) is 132 Å². The Bertz CT molecular complexity index is 905. The first-order valence-corrected chi connectivity index (χ1v) is 7.60. The van der Waals surface area contributed by atoms with Crippen molar-refractivity contribution < 1.29 is 19.3 Å². The number of aromatic nitrogens is 5. The molecule has 10 heteroatoms. The van der Waals surface area contributed by atoms with Gasteiger partial charge in [-0.3, -0.25) is 9.55 Å². The third-order valence-corrected chi connectivity index (χ3v) is 4.09. The van der Waals surface area contributed by atoms with Gasteiger partial charge in [-0.25, -0.2) is 19.3 Å². The van der Waals surface area contributed by atoms with Crippen molar-refractivity contribution in [2.45, 2.75) is 24.6 Å². The fourth-order valence-electron chi connectivity index (χ4n) is 2.81. The average molecular weight is 346 g/mol. The molecule has 9 nitrogen and oxygen atoms in total. The van der Waals surface area contributed by atoms with Crippen molar-refractivity contribution in [3.8, 4) is 11.5 Å². The minimum Gasteiger partial charge on any atom is -0.394 e. The highest BCUT2D eigenvalue weighted by Crippen LogP contribution is 2.34. The third-order valence-electron chi connectivity index (χ3n) is 4.09. The molecule has 1 fully saturated rings. The Labute approximate surface area is 140 Å². The van der Waals surface area contributed by atoms with Gasteiger partial charge in [-0.1, -0.05) is 6.07 Å². The molecule has 4 atom stereocenters. The predicted molar refractivity (Wildman–Crippen MR) is 84.9 cm³/mol. The number of ether oxygens (including phenoxy) is 1. The first-order chi connectivity index (χ1) is 12.1. The Morgan fingerprint density at radius 2 is 2.12 bits per heavy atom. The smallest absolute Gasteiger partial charge is 0.182 e. The molecule has 0 radical (unpaired) electrons. The van der Waals surface area contributed by atoms with E-state index in [4.69, 9.17) is 10.5 Å². The lowest BCUT2D eigenvalue weighted by atomic mass is 10.1. The molecule has 0 spiro atoms. The van der Waals surface area contributed by atoms with Crippen LogP contribution >= 0.6 is 0 Å². The second-order valence-electron chi connectivity index (χ2n) is 5.65. The lowest BCUT2D eigenvalue weighted by Crippen LogP contribution is -2.30. The van der Waals surface area contributed by atoms with Crippen LogP contribution in [0.25, 0.3) is 22.7 Å². The van der Waals surface area contributed by atoms with Crippen molar-refractivity contribution in [1.82, 2.24) is 24.5 Å². The highest BCUT2D eigenvalue weighted by atomic mass is 19.1. The molecule has 0 amide bonds. The van der Waals surface area contributed by atoms with Crippen molar-refractivity contribution in [1.29, 1.82) is 0 Å². The summed E-state index contributed by atoms with van der Waals surface area (Å²) < 4.78 is 21.2. The zero-order chi connectivity index (χ0) is 17.6. The van der Waals surface area contributed by atoms with Crippen molar-refractivity contribution in [2.24, 2.45) is 0 Å². The van der Waals surface area contributed by atoms with Gasteiger partial charge in [0, 0.05) is 6.20 Å². The molecule has 3 aromatic heterocycles. The molecule has 4 N–H and O–H groups in total. The van der Waals surface area contributed by atoms with E-state index in [-0.39, 0.29) is 22.8 Å². The van der Waals surface area contributed by atoms with E-state index < -0.39 is 31.2 Å². The molecule has 1 aliphatic rings. The molecule has 130 valence electrons. The van der Waals surface area contributed by atoms with E-state index in [0.717, 1.165) is 0 Å². The Morgan fingerprint density at radius 3 is 2.80 bits per heavy atom. The molecule has 1 saturated heterocycles. The molecule has 1 aliphatic heterocycles. The Kier molecular flexibility index (Phi) is 3.79. The molecule has 0 aromatic carbocycles. The summed E-state index contributed by atoms with van der Waals surface area (Å²) in [5, 5.41) is 19.0. The van der Waals surface area contributed by atoms with Crippen molar-refractivity contribution in [3.05, 3.63) is 30.7 Å². The van der Waals surface area contributed by atoms with Gasteiger partial charge in [0.2, 0.25) is 0 Å². The van der Waals surface area contributed by atoms with E-state index in [1.807, 2.05) is 0 Å². The molecule has 0 unspecified atom stereocenters. The predicted octanol–water partition coefficient (Wildman–Crippen LogP) is 0.0592. The Balaban J connectivity index is 1.82. The summed E-state index contributed by atoms with van der Waals surface area (Å²) in [5.41, 5.74) is 6.99. The number of imidazole rings is 1. The van der Waals surface area contributed by atoms with Crippen LogP contribution in [0.1, 0.15) is 6.23 Å². The van der Waals surface area contributed by atoms with Crippen LogP contribution in [0.5, 0.6) is 0 Å². The number of aliphatic hydroxyl groups is 2. The van der Waals surface area contributed by atoms with Gasteiger partial charge in [0.1, 0.15) is 23.4 Å². The third kappa shape index (κ3) is 2.51. The second-order valence-corrected chi connectivity index (χ2v) is 5.65. The maximum atomic E-state index is 14.4. The van der Waals surface area contributed by atoms with Crippen molar-refractivity contribution in [3.63, 3.8) is 0 Å². The van der Waals surface area contributed by atoms with E-state index >= 15 is 0 Å².